The number of aryl methyl sites for hydroxylation is 1. The minimum atomic E-state index is 0.0468. The summed E-state index contributed by atoms with van der Waals surface area (Å²) in [6.07, 6.45) is 4.29. The SMILES string of the molecule is CC.CCC(=O)CCC(C)C(C)=O.CCc1cc(C=O)ccc1C(=O)C(C)CC. The highest BCUT2D eigenvalue weighted by Crippen LogP contribution is 2.18. The van der Waals surface area contributed by atoms with Crippen LogP contribution in [0.25, 0.3) is 0 Å². The second kappa shape index (κ2) is 16.8. The van der Waals surface area contributed by atoms with Crippen molar-refractivity contribution < 1.29 is 19.2 Å². The van der Waals surface area contributed by atoms with Gasteiger partial charge < -0.3 is 0 Å². The zero-order valence-electron chi connectivity index (χ0n) is 19.6. The first kappa shape index (κ1) is 29.1. The van der Waals surface area contributed by atoms with Gasteiger partial charge in [0.2, 0.25) is 0 Å². The van der Waals surface area contributed by atoms with Gasteiger partial charge in [-0.25, -0.2) is 0 Å². The zero-order chi connectivity index (χ0) is 23.0. The Balaban J connectivity index is 0. The van der Waals surface area contributed by atoms with Crippen LogP contribution in [-0.4, -0.2) is 23.6 Å². The maximum atomic E-state index is 12.1. The van der Waals surface area contributed by atoms with E-state index in [4.69, 9.17) is 0 Å². The van der Waals surface area contributed by atoms with Crippen molar-refractivity contribution in [1.29, 1.82) is 0 Å². The lowest BCUT2D eigenvalue weighted by Gasteiger charge is -2.11. The Bertz CT molecular complexity index is 646. The molecule has 0 aromatic heterocycles. The van der Waals surface area contributed by atoms with Crippen molar-refractivity contribution >= 4 is 23.6 Å². The van der Waals surface area contributed by atoms with Gasteiger partial charge in [-0.1, -0.05) is 60.6 Å². The molecule has 0 aliphatic rings. The molecule has 1 rings (SSSR count). The van der Waals surface area contributed by atoms with Gasteiger partial charge >= 0.3 is 0 Å². The number of carbonyl (C=O) groups excluding carboxylic acids is 4. The Morgan fingerprint density at radius 3 is 2.00 bits per heavy atom. The highest BCUT2D eigenvalue weighted by Gasteiger charge is 2.16. The molecule has 2 atom stereocenters. The molecule has 0 heterocycles. The lowest BCUT2D eigenvalue weighted by atomic mass is 9.92. The van der Waals surface area contributed by atoms with Crippen LogP contribution in [0.3, 0.4) is 0 Å². The maximum Gasteiger partial charge on any atom is 0.165 e. The summed E-state index contributed by atoms with van der Waals surface area (Å²) in [6, 6.07) is 5.29. The first-order valence-electron chi connectivity index (χ1n) is 10.9. The summed E-state index contributed by atoms with van der Waals surface area (Å²) in [5.41, 5.74) is 2.37. The van der Waals surface area contributed by atoms with E-state index in [1.165, 1.54) is 0 Å². The molecule has 164 valence electrons. The van der Waals surface area contributed by atoms with E-state index in [1.54, 1.807) is 19.1 Å². The van der Waals surface area contributed by atoms with Gasteiger partial charge in [-0.15, -0.1) is 0 Å². The number of carbonyl (C=O) groups is 4. The van der Waals surface area contributed by atoms with Gasteiger partial charge in [0.15, 0.2) is 5.78 Å². The molecular weight excluding hydrogens is 364 g/mol. The second-order valence-electron chi connectivity index (χ2n) is 7.00. The molecule has 2 unspecified atom stereocenters. The first-order valence-corrected chi connectivity index (χ1v) is 10.9. The molecule has 29 heavy (non-hydrogen) atoms. The smallest absolute Gasteiger partial charge is 0.165 e. The molecule has 4 nitrogen and oxygen atoms in total. The molecule has 0 spiro atoms. The van der Waals surface area contributed by atoms with Crippen LogP contribution in [0.2, 0.25) is 0 Å². The standard InChI is InChI=1S/C14H18O2.C9H16O2.C2H6/c1-4-10(3)14(16)13-7-6-11(9-15)8-12(13)5-2;1-4-9(11)6-5-7(2)8(3)10;1-2/h6-10H,4-5H2,1-3H3;7H,4-6H2,1-3H3;1-2H3. The Hall–Kier alpha value is -2.10. The van der Waals surface area contributed by atoms with Crippen LogP contribution in [0.5, 0.6) is 0 Å². The van der Waals surface area contributed by atoms with Gasteiger partial charge in [-0.2, -0.15) is 0 Å². The zero-order valence-corrected chi connectivity index (χ0v) is 19.6. The van der Waals surface area contributed by atoms with Crippen molar-refractivity contribution in [2.45, 2.75) is 87.5 Å². The van der Waals surface area contributed by atoms with Crippen molar-refractivity contribution in [1.82, 2.24) is 0 Å². The van der Waals surface area contributed by atoms with E-state index in [-0.39, 0.29) is 29.2 Å². The topological polar surface area (TPSA) is 68.3 Å². The maximum absolute atomic E-state index is 12.1. The summed E-state index contributed by atoms with van der Waals surface area (Å²) >= 11 is 0. The predicted octanol–water partition coefficient (Wildman–Crippen LogP) is 6.29. The normalized spacial score (nSPS) is 11.7. The summed E-state index contributed by atoms with van der Waals surface area (Å²) in [4.78, 5) is 44.3. The third kappa shape index (κ3) is 11.5. The van der Waals surface area contributed by atoms with E-state index in [2.05, 4.69) is 0 Å². The van der Waals surface area contributed by atoms with Crippen LogP contribution in [0.1, 0.15) is 107 Å². The summed E-state index contributed by atoms with van der Waals surface area (Å²) in [7, 11) is 0. The van der Waals surface area contributed by atoms with Crippen LogP contribution in [0.15, 0.2) is 18.2 Å². The Kier molecular flexibility index (Phi) is 16.9. The second-order valence-corrected chi connectivity index (χ2v) is 7.00. The number of aldehydes is 1. The number of Topliss-reactive ketones (excluding diaryl/α,β-unsaturated/α-hetero) is 3. The summed E-state index contributed by atoms with van der Waals surface area (Å²) in [5, 5.41) is 0. The van der Waals surface area contributed by atoms with Crippen molar-refractivity contribution in [3.8, 4) is 0 Å². The highest BCUT2D eigenvalue weighted by molar-refractivity contribution is 5.99. The first-order chi connectivity index (χ1) is 13.7. The molecule has 0 saturated carbocycles. The van der Waals surface area contributed by atoms with Crippen molar-refractivity contribution in [3.05, 3.63) is 34.9 Å². The van der Waals surface area contributed by atoms with Crippen molar-refractivity contribution in [2.24, 2.45) is 11.8 Å². The molecular formula is C25H40O4. The van der Waals surface area contributed by atoms with Gasteiger partial charge in [0.25, 0.3) is 0 Å². The molecule has 0 saturated heterocycles. The largest absolute Gasteiger partial charge is 0.300 e. The minimum absolute atomic E-state index is 0.0468. The average Bonchev–Trinajstić information content (AvgIpc) is 2.77. The van der Waals surface area contributed by atoms with E-state index in [1.807, 2.05) is 54.5 Å². The average molecular weight is 405 g/mol. The summed E-state index contributed by atoms with van der Waals surface area (Å²) < 4.78 is 0. The molecule has 1 aromatic carbocycles. The molecule has 4 heteroatoms. The molecule has 0 bridgehead atoms. The summed E-state index contributed by atoms with van der Waals surface area (Å²) in [6.45, 7) is 15.2. The third-order valence-corrected chi connectivity index (χ3v) is 4.92. The fourth-order valence-electron chi connectivity index (χ4n) is 2.43. The van der Waals surface area contributed by atoms with E-state index >= 15 is 0 Å². The molecule has 0 N–H and O–H groups in total. The van der Waals surface area contributed by atoms with E-state index in [0.717, 1.165) is 30.3 Å². The quantitative estimate of drug-likeness (QED) is 0.339. The molecule has 0 aliphatic heterocycles. The van der Waals surface area contributed by atoms with Gasteiger partial charge in [-0.05, 0) is 37.8 Å². The number of benzene rings is 1. The van der Waals surface area contributed by atoms with Gasteiger partial charge in [0.1, 0.15) is 17.9 Å². The summed E-state index contributed by atoms with van der Waals surface area (Å²) in [5.74, 6) is 0.696. The van der Waals surface area contributed by atoms with Crippen molar-refractivity contribution in [3.63, 3.8) is 0 Å². The fourth-order valence-corrected chi connectivity index (χ4v) is 2.43. The van der Waals surface area contributed by atoms with E-state index in [9.17, 15) is 19.2 Å². The Morgan fingerprint density at radius 2 is 1.59 bits per heavy atom. The van der Waals surface area contributed by atoms with Gasteiger partial charge in [0, 0.05) is 35.8 Å². The van der Waals surface area contributed by atoms with Gasteiger partial charge in [0.05, 0.1) is 0 Å². The number of hydrogen-bond donors (Lipinski definition) is 0. The molecule has 1 aromatic rings. The molecule has 0 fully saturated rings. The van der Waals surface area contributed by atoms with E-state index in [0.29, 0.717) is 24.8 Å². The minimum Gasteiger partial charge on any atom is -0.300 e. The Labute approximate surface area is 177 Å². The molecule has 0 aliphatic carbocycles. The predicted molar refractivity (Wildman–Crippen MR) is 121 cm³/mol. The Morgan fingerprint density at radius 1 is 1.00 bits per heavy atom. The van der Waals surface area contributed by atoms with Crippen LogP contribution >= 0.6 is 0 Å². The number of hydrogen-bond acceptors (Lipinski definition) is 4. The lowest BCUT2D eigenvalue weighted by Crippen LogP contribution is -2.12. The number of rotatable bonds is 10. The third-order valence-electron chi connectivity index (χ3n) is 4.92. The van der Waals surface area contributed by atoms with Crippen LogP contribution in [0.4, 0.5) is 0 Å². The van der Waals surface area contributed by atoms with Crippen LogP contribution < -0.4 is 0 Å². The van der Waals surface area contributed by atoms with Crippen LogP contribution in [0, 0.1) is 11.8 Å². The monoisotopic (exact) mass is 404 g/mol. The number of ketones is 3. The van der Waals surface area contributed by atoms with Crippen LogP contribution in [-0.2, 0) is 16.0 Å². The molecule has 0 radical (unpaired) electrons. The fraction of sp³-hybridized carbons (Fsp3) is 0.600. The van der Waals surface area contributed by atoms with Gasteiger partial charge in [-0.3, -0.25) is 19.2 Å². The lowest BCUT2D eigenvalue weighted by molar-refractivity contribution is -0.121. The van der Waals surface area contributed by atoms with E-state index < -0.39 is 0 Å². The highest BCUT2D eigenvalue weighted by atomic mass is 16.1. The van der Waals surface area contributed by atoms with Crippen molar-refractivity contribution in [2.75, 3.05) is 0 Å². The molecule has 0 amide bonds.